The minimum absolute atomic E-state index is 0.0380. The summed E-state index contributed by atoms with van der Waals surface area (Å²) >= 11 is 0. The molecule has 3 heteroatoms. The van der Waals surface area contributed by atoms with Gasteiger partial charge >= 0.3 is 0 Å². The highest BCUT2D eigenvalue weighted by atomic mass is 16.5. The van der Waals surface area contributed by atoms with Gasteiger partial charge in [-0.15, -0.1) is 0 Å². The summed E-state index contributed by atoms with van der Waals surface area (Å²) in [7, 11) is 0. The molecule has 0 spiro atoms. The first kappa shape index (κ1) is 9.49. The smallest absolute Gasteiger partial charge is 0.125 e. The van der Waals surface area contributed by atoms with E-state index in [1.54, 1.807) is 0 Å². The molecule has 1 fully saturated rings. The highest BCUT2D eigenvalue weighted by Crippen LogP contribution is 2.20. The fourth-order valence-electron chi connectivity index (χ4n) is 1.66. The molecule has 1 aliphatic rings. The number of aliphatic hydroxyl groups excluding tert-OH is 1. The minimum Gasteiger partial charge on any atom is -0.489 e. The zero-order valence-electron chi connectivity index (χ0n) is 8.07. The number of hydrogen-bond donors (Lipinski definition) is 2. The van der Waals surface area contributed by atoms with E-state index in [2.05, 4.69) is 5.32 Å². The Kier molecular flexibility index (Phi) is 3.01. The molecule has 0 radical (unpaired) electrons. The van der Waals surface area contributed by atoms with E-state index in [1.807, 2.05) is 24.3 Å². The van der Waals surface area contributed by atoms with Gasteiger partial charge in [0.1, 0.15) is 11.9 Å². The maximum absolute atomic E-state index is 9.10. The first-order valence-electron chi connectivity index (χ1n) is 4.96. The second kappa shape index (κ2) is 4.44. The summed E-state index contributed by atoms with van der Waals surface area (Å²) in [6.07, 6.45) is 1.29. The van der Waals surface area contributed by atoms with E-state index >= 15 is 0 Å². The number of hydrogen-bond acceptors (Lipinski definition) is 3. The predicted octanol–water partition coefficient (Wildman–Crippen LogP) is 0.920. The van der Waals surface area contributed by atoms with Gasteiger partial charge in [0, 0.05) is 12.1 Å². The summed E-state index contributed by atoms with van der Waals surface area (Å²) in [6.45, 7) is 1.96. The third-order valence-electron chi connectivity index (χ3n) is 2.45. The maximum atomic E-state index is 9.10. The molecule has 0 unspecified atom stereocenters. The second-order valence-electron chi connectivity index (χ2n) is 3.50. The fraction of sp³-hybridized carbons (Fsp3) is 0.455. The lowest BCUT2D eigenvalue weighted by Gasteiger charge is -2.14. The number of para-hydroxylation sites is 1. The van der Waals surface area contributed by atoms with Crippen LogP contribution in [-0.2, 0) is 6.61 Å². The van der Waals surface area contributed by atoms with Crippen LogP contribution < -0.4 is 10.1 Å². The van der Waals surface area contributed by atoms with E-state index in [9.17, 15) is 0 Å². The fourth-order valence-corrected chi connectivity index (χ4v) is 1.66. The average Bonchev–Trinajstić information content (AvgIpc) is 2.71. The number of benzene rings is 1. The van der Waals surface area contributed by atoms with E-state index < -0.39 is 0 Å². The van der Waals surface area contributed by atoms with Gasteiger partial charge < -0.3 is 15.2 Å². The molecule has 14 heavy (non-hydrogen) atoms. The molecule has 0 aromatic heterocycles. The van der Waals surface area contributed by atoms with Crippen LogP contribution in [0.2, 0.25) is 0 Å². The molecular formula is C11H15NO2. The lowest BCUT2D eigenvalue weighted by Crippen LogP contribution is -2.20. The third-order valence-corrected chi connectivity index (χ3v) is 2.45. The first-order valence-corrected chi connectivity index (χ1v) is 4.96. The van der Waals surface area contributed by atoms with Crippen molar-refractivity contribution in [3.05, 3.63) is 29.8 Å². The van der Waals surface area contributed by atoms with Crippen LogP contribution in [0.1, 0.15) is 12.0 Å². The predicted molar refractivity (Wildman–Crippen MR) is 54.3 cm³/mol. The van der Waals surface area contributed by atoms with E-state index in [0.717, 1.165) is 30.8 Å². The Labute approximate surface area is 83.7 Å². The Morgan fingerprint density at radius 1 is 1.43 bits per heavy atom. The highest BCUT2D eigenvalue weighted by molar-refractivity contribution is 5.32. The Bertz CT molecular complexity index is 295. The number of rotatable bonds is 3. The van der Waals surface area contributed by atoms with Crippen molar-refractivity contribution in [1.82, 2.24) is 5.32 Å². The molecule has 3 nitrogen and oxygen atoms in total. The van der Waals surface area contributed by atoms with Gasteiger partial charge in [0.2, 0.25) is 0 Å². The van der Waals surface area contributed by atoms with Gasteiger partial charge in [0.15, 0.2) is 0 Å². The summed E-state index contributed by atoms with van der Waals surface area (Å²) in [5.74, 6) is 0.809. The van der Waals surface area contributed by atoms with Crippen molar-refractivity contribution >= 4 is 0 Å². The Morgan fingerprint density at radius 3 is 3.00 bits per heavy atom. The number of nitrogens with one attached hydrogen (secondary N) is 1. The molecule has 2 rings (SSSR count). The zero-order chi connectivity index (χ0) is 9.80. The molecule has 1 aliphatic heterocycles. The van der Waals surface area contributed by atoms with Crippen molar-refractivity contribution in [2.45, 2.75) is 19.1 Å². The normalized spacial score (nSPS) is 21.1. The van der Waals surface area contributed by atoms with Crippen molar-refractivity contribution < 1.29 is 9.84 Å². The third kappa shape index (κ3) is 2.05. The lowest BCUT2D eigenvalue weighted by molar-refractivity contribution is 0.210. The van der Waals surface area contributed by atoms with Crippen LogP contribution in [0, 0.1) is 0 Å². The quantitative estimate of drug-likeness (QED) is 0.750. The summed E-state index contributed by atoms with van der Waals surface area (Å²) in [5.41, 5.74) is 0.861. The van der Waals surface area contributed by atoms with Gasteiger partial charge in [-0.2, -0.15) is 0 Å². The molecule has 1 aromatic carbocycles. The van der Waals surface area contributed by atoms with E-state index in [-0.39, 0.29) is 12.7 Å². The summed E-state index contributed by atoms with van der Waals surface area (Å²) < 4.78 is 5.77. The number of ether oxygens (including phenoxy) is 1. The van der Waals surface area contributed by atoms with Crippen LogP contribution in [0.5, 0.6) is 5.75 Å². The topological polar surface area (TPSA) is 41.5 Å². The molecular weight excluding hydrogens is 178 g/mol. The highest BCUT2D eigenvalue weighted by Gasteiger charge is 2.16. The summed E-state index contributed by atoms with van der Waals surface area (Å²) in [4.78, 5) is 0. The zero-order valence-corrected chi connectivity index (χ0v) is 8.07. The van der Waals surface area contributed by atoms with E-state index in [1.165, 1.54) is 0 Å². The van der Waals surface area contributed by atoms with Crippen LogP contribution in [0.4, 0.5) is 0 Å². The van der Waals surface area contributed by atoms with Crippen molar-refractivity contribution in [2.24, 2.45) is 0 Å². The van der Waals surface area contributed by atoms with Crippen molar-refractivity contribution in [3.8, 4) is 5.75 Å². The van der Waals surface area contributed by atoms with E-state index in [4.69, 9.17) is 9.84 Å². The SMILES string of the molecule is OCc1ccccc1O[C@@H]1CCNC1. The van der Waals surface area contributed by atoms with Crippen LogP contribution in [0.15, 0.2) is 24.3 Å². The van der Waals surface area contributed by atoms with Gasteiger partial charge in [-0.05, 0) is 19.0 Å². The molecule has 0 saturated carbocycles. The molecule has 1 heterocycles. The monoisotopic (exact) mass is 193 g/mol. The van der Waals surface area contributed by atoms with Gasteiger partial charge in [0.05, 0.1) is 6.61 Å². The average molecular weight is 193 g/mol. The molecule has 0 amide bonds. The minimum atomic E-state index is 0.0380. The van der Waals surface area contributed by atoms with Crippen molar-refractivity contribution in [2.75, 3.05) is 13.1 Å². The van der Waals surface area contributed by atoms with Crippen molar-refractivity contribution in [1.29, 1.82) is 0 Å². The van der Waals surface area contributed by atoms with Crippen LogP contribution in [0.25, 0.3) is 0 Å². The summed E-state index contributed by atoms with van der Waals surface area (Å²) in [5, 5.41) is 12.3. The van der Waals surface area contributed by atoms with E-state index in [0.29, 0.717) is 0 Å². The second-order valence-corrected chi connectivity index (χ2v) is 3.50. The Hall–Kier alpha value is -1.06. The molecule has 1 atom stereocenters. The molecule has 0 aliphatic carbocycles. The van der Waals surface area contributed by atoms with Crippen LogP contribution >= 0.6 is 0 Å². The number of aliphatic hydroxyl groups is 1. The lowest BCUT2D eigenvalue weighted by atomic mass is 10.2. The summed E-state index contributed by atoms with van der Waals surface area (Å²) in [6, 6.07) is 7.63. The standard InChI is InChI=1S/C11H15NO2/c13-8-9-3-1-2-4-11(9)14-10-5-6-12-7-10/h1-4,10,12-13H,5-8H2/t10-/m1/s1. The Balaban J connectivity index is 2.07. The van der Waals surface area contributed by atoms with Gasteiger partial charge in [-0.1, -0.05) is 18.2 Å². The van der Waals surface area contributed by atoms with Crippen molar-refractivity contribution in [3.63, 3.8) is 0 Å². The molecule has 1 aromatic rings. The molecule has 2 N–H and O–H groups in total. The molecule has 0 bridgehead atoms. The first-order chi connectivity index (χ1) is 6.90. The van der Waals surface area contributed by atoms with Crippen LogP contribution in [-0.4, -0.2) is 24.3 Å². The Morgan fingerprint density at radius 2 is 2.29 bits per heavy atom. The maximum Gasteiger partial charge on any atom is 0.125 e. The molecule has 76 valence electrons. The molecule has 1 saturated heterocycles. The van der Waals surface area contributed by atoms with Crippen LogP contribution in [0.3, 0.4) is 0 Å². The van der Waals surface area contributed by atoms with Gasteiger partial charge in [0.25, 0.3) is 0 Å². The largest absolute Gasteiger partial charge is 0.489 e. The van der Waals surface area contributed by atoms with Gasteiger partial charge in [-0.25, -0.2) is 0 Å². The van der Waals surface area contributed by atoms with Gasteiger partial charge in [-0.3, -0.25) is 0 Å².